The van der Waals surface area contributed by atoms with E-state index in [9.17, 15) is 14.9 Å². The van der Waals surface area contributed by atoms with Crippen molar-refractivity contribution in [2.24, 2.45) is 0 Å². The zero-order valence-corrected chi connectivity index (χ0v) is 37.3. The number of aromatic nitrogens is 6. The maximum absolute atomic E-state index is 11.0. The number of piperidine rings is 1. The van der Waals surface area contributed by atoms with Crippen LogP contribution in [-0.4, -0.2) is 70.8 Å². The highest BCUT2D eigenvalue weighted by molar-refractivity contribution is 5.95. The van der Waals surface area contributed by atoms with Crippen molar-refractivity contribution in [3.8, 4) is 57.5 Å². The maximum atomic E-state index is 11.0. The van der Waals surface area contributed by atoms with Gasteiger partial charge in [0.05, 0.1) is 18.1 Å². The minimum atomic E-state index is -0.812. The van der Waals surface area contributed by atoms with Crippen molar-refractivity contribution in [1.82, 2.24) is 29.4 Å². The van der Waals surface area contributed by atoms with Gasteiger partial charge >= 0.3 is 11.9 Å². The average Bonchev–Trinajstić information content (AvgIpc) is 4.18. The second kappa shape index (κ2) is 20.4. The lowest BCUT2D eigenvalue weighted by Crippen LogP contribution is -2.30. The van der Waals surface area contributed by atoms with Crippen molar-refractivity contribution < 1.29 is 33.6 Å². The van der Waals surface area contributed by atoms with Crippen LogP contribution in [0.15, 0.2) is 106 Å². The zero-order valence-electron chi connectivity index (χ0n) is 37.3. The number of nitriles is 1. The quantitative estimate of drug-likeness (QED) is 0.0930. The Kier molecular flexibility index (Phi) is 13.9. The molecule has 0 aliphatic carbocycles. The molecule has 0 radical (unpaired) electrons. The summed E-state index contributed by atoms with van der Waals surface area (Å²) in [5, 5.41) is 37.8. The number of aryl methyl sites for hydroxylation is 3. The molecule has 0 saturated carbocycles. The highest BCUT2D eigenvalue weighted by Crippen LogP contribution is 2.34. The molecule has 0 unspecified atom stereocenters. The van der Waals surface area contributed by atoms with E-state index in [1.54, 1.807) is 18.2 Å². The fourth-order valence-corrected chi connectivity index (χ4v) is 8.34. The molecule has 15 heteroatoms. The monoisotopic (exact) mass is 888 g/mol. The first-order valence-electron chi connectivity index (χ1n) is 22.5. The molecule has 2 N–H and O–H groups in total. The summed E-state index contributed by atoms with van der Waals surface area (Å²) in [6.45, 7) is 9.43. The Labute approximate surface area is 381 Å². The Morgan fingerprint density at radius 3 is 1.92 bits per heavy atom. The summed E-state index contributed by atoms with van der Waals surface area (Å²) in [6.07, 6.45) is 10.2. The highest BCUT2D eigenvalue weighted by atomic mass is 16.5. The molecule has 8 aromatic rings. The van der Waals surface area contributed by atoms with E-state index in [-0.39, 0.29) is 18.9 Å². The lowest BCUT2D eigenvalue weighted by molar-refractivity contribution is -0.138. The fraction of sp³-hybridized carbons (Fsp3) is 0.314. The summed E-state index contributed by atoms with van der Waals surface area (Å²) in [4.78, 5) is 33.5. The molecule has 4 aromatic carbocycles. The van der Waals surface area contributed by atoms with Gasteiger partial charge in [-0.05, 0) is 112 Å². The van der Waals surface area contributed by atoms with Gasteiger partial charge < -0.3 is 38.0 Å². The Morgan fingerprint density at radius 1 is 0.758 bits per heavy atom. The molecule has 0 bridgehead atoms. The van der Waals surface area contributed by atoms with Crippen LogP contribution in [-0.2, 0) is 29.1 Å². The molecule has 5 heterocycles. The summed E-state index contributed by atoms with van der Waals surface area (Å²) in [7, 11) is 0. The van der Waals surface area contributed by atoms with Gasteiger partial charge in [-0.1, -0.05) is 48.4 Å². The van der Waals surface area contributed by atoms with Gasteiger partial charge in [-0.15, -0.1) is 0 Å². The van der Waals surface area contributed by atoms with Gasteiger partial charge in [0, 0.05) is 94.7 Å². The summed E-state index contributed by atoms with van der Waals surface area (Å²) < 4.78 is 21.0. The van der Waals surface area contributed by atoms with Gasteiger partial charge in [0.1, 0.15) is 11.8 Å². The number of carboxylic acids is 2. The van der Waals surface area contributed by atoms with Crippen molar-refractivity contribution >= 4 is 39.4 Å². The van der Waals surface area contributed by atoms with Gasteiger partial charge in [-0.25, -0.2) is 0 Å². The fourth-order valence-electron chi connectivity index (χ4n) is 8.34. The van der Waals surface area contributed by atoms with Crippen molar-refractivity contribution in [3.63, 3.8) is 0 Å². The minimum Gasteiger partial charge on any atom is -0.489 e. The van der Waals surface area contributed by atoms with Gasteiger partial charge in [0.25, 0.3) is 11.8 Å². The third kappa shape index (κ3) is 9.98. The molecular weight excluding hydrogens is 837 g/mol. The predicted molar refractivity (Wildman–Crippen MR) is 251 cm³/mol. The molecule has 66 heavy (non-hydrogen) atoms. The van der Waals surface area contributed by atoms with Crippen LogP contribution in [0.4, 0.5) is 5.69 Å². The van der Waals surface area contributed by atoms with Gasteiger partial charge in [0.2, 0.25) is 11.6 Å². The lowest BCUT2D eigenvalue weighted by atomic mass is 10.0. The number of ether oxygens (including phenoxy) is 1. The summed E-state index contributed by atoms with van der Waals surface area (Å²) in [6, 6.07) is 29.5. The van der Waals surface area contributed by atoms with Crippen molar-refractivity contribution in [2.45, 2.75) is 91.3 Å². The smallest absolute Gasteiger partial charge is 0.305 e. The van der Waals surface area contributed by atoms with Gasteiger partial charge in [0.15, 0.2) is 0 Å². The Bertz CT molecular complexity index is 3020. The van der Waals surface area contributed by atoms with E-state index < -0.39 is 11.9 Å². The molecule has 15 nitrogen and oxygen atoms in total. The molecule has 1 aliphatic rings. The van der Waals surface area contributed by atoms with Crippen LogP contribution in [0.5, 0.6) is 5.75 Å². The predicted octanol–water partition coefficient (Wildman–Crippen LogP) is 10.7. The van der Waals surface area contributed by atoms with E-state index in [2.05, 4.69) is 51.4 Å². The molecular formula is C51H52N8O7. The van der Waals surface area contributed by atoms with Crippen LogP contribution in [0.1, 0.15) is 76.8 Å². The molecule has 338 valence electrons. The number of benzene rings is 4. The molecule has 9 rings (SSSR count). The van der Waals surface area contributed by atoms with Crippen LogP contribution < -0.4 is 9.64 Å². The molecule has 1 fully saturated rings. The second-order valence-electron chi connectivity index (χ2n) is 16.4. The molecule has 1 aliphatic heterocycles. The Balaban J connectivity index is 0.000000179. The van der Waals surface area contributed by atoms with Gasteiger partial charge in [-0.3, -0.25) is 9.59 Å². The largest absolute Gasteiger partial charge is 0.489 e. The van der Waals surface area contributed by atoms with E-state index in [0.29, 0.717) is 59.8 Å². The average molecular weight is 889 g/mol. The van der Waals surface area contributed by atoms with Crippen molar-refractivity contribution in [2.75, 3.05) is 18.0 Å². The number of anilines is 1. The number of carboxylic acid groups (broad SMARTS) is 2. The summed E-state index contributed by atoms with van der Waals surface area (Å²) >= 11 is 0. The highest BCUT2D eigenvalue weighted by Gasteiger charge is 2.20. The number of carbonyl (C=O) groups is 2. The minimum absolute atomic E-state index is 0.00915. The van der Waals surface area contributed by atoms with Crippen LogP contribution in [0.3, 0.4) is 0 Å². The van der Waals surface area contributed by atoms with Crippen LogP contribution in [0.2, 0.25) is 0 Å². The van der Waals surface area contributed by atoms with Crippen LogP contribution in [0, 0.1) is 11.3 Å². The van der Waals surface area contributed by atoms with Crippen LogP contribution in [0.25, 0.3) is 67.5 Å². The van der Waals surface area contributed by atoms with Crippen molar-refractivity contribution in [1.29, 1.82) is 5.26 Å². The number of hydrogen-bond donors (Lipinski definition) is 2. The third-order valence-corrected chi connectivity index (χ3v) is 12.0. The molecule has 0 amide bonds. The number of nitrogens with zero attached hydrogens (tertiary/aromatic N) is 8. The first kappa shape index (κ1) is 44.9. The normalized spacial score (nSPS) is 13.0. The van der Waals surface area contributed by atoms with Crippen molar-refractivity contribution in [3.05, 3.63) is 108 Å². The van der Waals surface area contributed by atoms with Crippen LogP contribution >= 0.6 is 0 Å². The summed E-state index contributed by atoms with van der Waals surface area (Å²) in [5.74, 6) is 0.715. The SMILES string of the molecule is CC[C@H](C)Oc1ccc(-c2nc(-c3cccc4c3ccn4CCCC(=O)O)no2)cc1C#N.CCc1cc(-c2nc(-c3cccc4c3ccn4CCC(=O)O)no2)ccc1N1CCCCC1. The Morgan fingerprint density at radius 2 is 1.35 bits per heavy atom. The first-order chi connectivity index (χ1) is 32.1. The number of aliphatic carboxylic acids is 2. The van der Waals surface area contributed by atoms with E-state index in [4.69, 9.17) is 29.0 Å². The van der Waals surface area contributed by atoms with Gasteiger partial charge in [-0.2, -0.15) is 15.2 Å². The Hall–Kier alpha value is -7.73. The number of hydrogen-bond acceptors (Lipinski definition) is 11. The zero-order chi connectivity index (χ0) is 46.2. The topological polar surface area (TPSA) is 199 Å². The molecule has 1 saturated heterocycles. The lowest BCUT2D eigenvalue weighted by Gasteiger charge is -2.30. The third-order valence-electron chi connectivity index (χ3n) is 12.0. The van der Waals surface area contributed by atoms with E-state index in [0.717, 1.165) is 64.4 Å². The van der Waals surface area contributed by atoms with E-state index >= 15 is 0 Å². The number of rotatable bonds is 16. The van der Waals surface area contributed by atoms with E-state index in [1.807, 2.05) is 83.9 Å². The van der Waals surface area contributed by atoms with E-state index in [1.165, 1.54) is 30.5 Å². The first-order valence-corrected chi connectivity index (χ1v) is 22.5. The molecule has 1 atom stereocenters. The molecule has 4 aromatic heterocycles. The summed E-state index contributed by atoms with van der Waals surface area (Å²) in [5.41, 5.74) is 8.21. The maximum Gasteiger partial charge on any atom is 0.305 e. The number of fused-ring (bicyclic) bond motifs is 2. The standard InChI is InChI=1S/C26H28N4O3.C25H24N4O4/c1-2-18-17-19(9-10-22(18)29-13-4-3-5-14-29)26-27-25(28-33-26)21-7-6-8-23-20(21)11-15-30(23)16-12-24(31)32;1-3-16(2)32-22-10-9-17(14-18(22)15-26)25-27-24(28-33-25)20-6-4-7-21-19(20)11-13-29(21)12-5-8-23(30)31/h6-11,15,17H,2-5,12-14,16H2,1H3,(H,31,32);4,6-7,9-11,13-14,16H,3,5,8,12H2,1-2H3,(H,30,31)/t;16-/m.0/s1. The second-order valence-corrected chi connectivity index (χ2v) is 16.4. The molecule has 0 spiro atoms.